The smallest absolute Gasteiger partial charge is 0.177 e. The molecule has 0 spiro atoms. The first-order valence-corrected chi connectivity index (χ1v) is 8.94. The number of aryl methyl sites for hydroxylation is 2. The number of hydrogen-bond donors (Lipinski definition) is 0. The van der Waals surface area contributed by atoms with Crippen molar-refractivity contribution in [2.24, 2.45) is 0 Å². The highest BCUT2D eigenvalue weighted by atomic mass is 15.4. The number of nitrogens with zero attached hydrogens (tertiary/aromatic N) is 8. The molecule has 0 unspecified atom stereocenters. The van der Waals surface area contributed by atoms with Crippen LogP contribution in [0.25, 0.3) is 5.65 Å². The molecule has 2 aliphatic rings. The third-order valence-electron chi connectivity index (χ3n) is 5.34. The number of fused-ring (bicyclic) bond motifs is 2. The number of rotatable bonds is 4. The second kappa shape index (κ2) is 5.80. The van der Waals surface area contributed by atoms with E-state index in [-0.39, 0.29) is 0 Å². The molecule has 0 aliphatic carbocycles. The summed E-state index contributed by atoms with van der Waals surface area (Å²) >= 11 is 0. The Morgan fingerprint density at radius 2 is 2.12 bits per heavy atom. The molecule has 0 saturated carbocycles. The third-order valence-corrected chi connectivity index (χ3v) is 5.34. The zero-order valence-corrected chi connectivity index (χ0v) is 14.4. The van der Waals surface area contributed by atoms with Gasteiger partial charge in [-0.05, 0) is 44.5 Å². The van der Waals surface area contributed by atoms with E-state index in [1.807, 2.05) is 12.1 Å². The lowest BCUT2D eigenvalue weighted by molar-refractivity contribution is 0.194. The fourth-order valence-electron chi connectivity index (χ4n) is 3.75. The van der Waals surface area contributed by atoms with Gasteiger partial charge >= 0.3 is 0 Å². The van der Waals surface area contributed by atoms with Crippen molar-refractivity contribution in [1.29, 1.82) is 0 Å². The Morgan fingerprint density at radius 3 is 3.00 bits per heavy atom. The van der Waals surface area contributed by atoms with Gasteiger partial charge in [0.2, 0.25) is 0 Å². The largest absolute Gasteiger partial charge is 0.352 e. The zero-order valence-electron chi connectivity index (χ0n) is 14.4. The van der Waals surface area contributed by atoms with E-state index in [0.29, 0.717) is 6.04 Å². The quantitative estimate of drug-likeness (QED) is 0.706. The molecule has 5 rings (SSSR count). The first-order chi connectivity index (χ1) is 12.3. The van der Waals surface area contributed by atoms with Gasteiger partial charge in [-0.1, -0.05) is 0 Å². The van der Waals surface area contributed by atoms with Crippen molar-refractivity contribution in [3.63, 3.8) is 0 Å². The molecule has 2 aliphatic heterocycles. The average Bonchev–Trinajstić information content (AvgIpc) is 3.18. The summed E-state index contributed by atoms with van der Waals surface area (Å²) < 4.78 is 3.92. The zero-order chi connectivity index (χ0) is 16.8. The van der Waals surface area contributed by atoms with E-state index in [4.69, 9.17) is 5.10 Å². The van der Waals surface area contributed by atoms with E-state index < -0.39 is 0 Å². The van der Waals surface area contributed by atoms with Crippen molar-refractivity contribution in [3.8, 4) is 0 Å². The van der Waals surface area contributed by atoms with Crippen molar-refractivity contribution in [2.45, 2.75) is 38.4 Å². The molecule has 1 saturated heterocycles. The minimum Gasteiger partial charge on any atom is -0.352 e. The minimum atomic E-state index is 0.539. The van der Waals surface area contributed by atoms with Gasteiger partial charge in [0.15, 0.2) is 5.65 Å². The van der Waals surface area contributed by atoms with Gasteiger partial charge in [0.25, 0.3) is 0 Å². The fraction of sp³-hybridized carbons (Fsp3) is 0.529. The second-order valence-electron chi connectivity index (χ2n) is 7.11. The van der Waals surface area contributed by atoms with Crippen LogP contribution in [0.5, 0.6) is 0 Å². The summed E-state index contributed by atoms with van der Waals surface area (Å²) in [6.07, 6.45) is 5.36. The molecular weight excluding hydrogens is 316 g/mol. The molecule has 0 bridgehead atoms. The van der Waals surface area contributed by atoms with E-state index in [1.54, 1.807) is 10.8 Å². The van der Waals surface area contributed by atoms with E-state index in [0.717, 1.165) is 37.6 Å². The Morgan fingerprint density at radius 1 is 1.20 bits per heavy atom. The monoisotopic (exact) mass is 338 g/mol. The first-order valence-electron chi connectivity index (χ1n) is 8.94. The van der Waals surface area contributed by atoms with Gasteiger partial charge in [0, 0.05) is 37.9 Å². The molecule has 1 fully saturated rings. The SMILES string of the molecule is CN(Cc1cc2n(n1)CCCC2)C1CN(c2ccc3nncn3n2)C1. The van der Waals surface area contributed by atoms with E-state index in [2.05, 4.69) is 42.9 Å². The van der Waals surface area contributed by atoms with Crippen molar-refractivity contribution in [3.05, 3.63) is 35.9 Å². The van der Waals surface area contributed by atoms with Crippen LogP contribution in [0.2, 0.25) is 0 Å². The Labute approximate surface area is 146 Å². The van der Waals surface area contributed by atoms with Gasteiger partial charge in [-0.15, -0.1) is 15.3 Å². The summed E-state index contributed by atoms with van der Waals surface area (Å²) in [4.78, 5) is 4.70. The van der Waals surface area contributed by atoms with Crippen LogP contribution in [-0.4, -0.2) is 60.7 Å². The normalized spacial score (nSPS) is 17.9. The minimum absolute atomic E-state index is 0.539. The maximum absolute atomic E-state index is 4.77. The van der Waals surface area contributed by atoms with Crippen LogP contribution in [0.3, 0.4) is 0 Å². The van der Waals surface area contributed by atoms with Crippen molar-refractivity contribution in [1.82, 2.24) is 34.5 Å². The molecule has 0 N–H and O–H groups in total. The number of anilines is 1. The molecule has 0 aromatic carbocycles. The average molecular weight is 338 g/mol. The van der Waals surface area contributed by atoms with Crippen LogP contribution in [0.1, 0.15) is 24.2 Å². The summed E-state index contributed by atoms with van der Waals surface area (Å²) in [5.41, 5.74) is 3.37. The maximum atomic E-state index is 4.77. The Balaban J connectivity index is 1.21. The van der Waals surface area contributed by atoms with Gasteiger partial charge in [0.1, 0.15) is 12.1 Å². The molecule has 0 atom stereocenters. The summed E-state index contributed by atoms with van der Waals surface area (Å²) in [5.74, 6) is 0.981. The second-order valence-corrected chi connectivity index (χ2v) is 7.11. The van der Waals surface area contributed by atoms with Crippen LogP contribution in [0.4, 0.5) is 5.82 Å². The molecule has 5 heterocycles. The number of hydrogen-bond acceptors (Lipinski definition) is 6. The summed E-state index contributed by atoms with van der Waals surface area (Å²) in [6, 6.07) is 6.80. The van der Waals surface area contributed by atoms with E-state index in [1.165, 1.54) is 30.7 Å². The van der Waals surface area contributed by atoms with E-state index in [9.17, 15) is 0 Å². The fourth-order valence-corrected chi connectivity index (χ4v) is 3.75. The molecule has 25 heavy (non-hydrogen) atoms. The lowest BCUT2D eigenvalue weighted by Gasteiger charge is -2.44. The van der Waals surface area contributed by atoms with E-state index >= 15 is 0 Å². The van der Waals surface area contributed by atoms with Crippen LogP contribution >= 0.6 is 0 Å². The van der Waals surface area contributed by atoms with Gasteiger partial charge in [0.05, 0.1) is 5.69 Å². The van der Waals surface area contributed by atoms with Crippen LogP contribution in [0, 0.1) is 0 Å². The molecule has 3 aromatic rings. The number of aromatic nitrogens is 6. The lowest BCUT2D eigenvalue weighted by atomic mass is 10.1. The van der Waals surface area contributed by atoms with Crippen molar-refractivity contribution >= 4 is 11.5 Å². The van der Waals surface area contributed by atoms with Gasteiger partial charge in [-0.2, -0.15) is 9.61 Å². The van der Waals surface area contributed by atoms with Crippen LogP contribution in [0.15, 0.2) is 24.5 Å². The van der Waals surface area contributed by atoms with Crippen molar-refractivity contribution in [2.75, 3.05) is 25.0 Å². The molecule has 8 heteroatoms. The highest BCUT2D eigenvalue weighted by molar-refractivity contribution is 5.47. The topological polar surface area (TPSA) is 67.4 Å². The first kappa shape index (κ1) is 14.8. The Bertz CT molecular complexity index is 868. The van der Waals surface area contributed by atoms with Gasteiger partial charge in [-0.3, -0.25) is 9.58 Å². The third kappa shape index (κ3) is 2.66. The molecule has 0 amide bonds. The number of likely N-dealkylation sites (N-methyl/N-ethyl adjacent to an activating group) is 1. The Hall–Kier alpha value is -2.48. The van der Waals surface area contributed by atoms with Gasteiger partial charge in [-0.25, -0.2) is 0 Å². The van der Waals surface area contributed by atoms with Crippen LogP contribution < -0.4 is 4.90 Å². The summed E-state index contributed by atoms with van der Waals surface area (Å²) in [6.45, 7) is 3.97. The standard InChI is InChI=1S/C17H22N8/c1-22(9-13-8-14-4-2-3-7-24(14)20-13)15-10-23(11-15)17-6-5-16-19-18-12-25(16)21-17/h5-6,8,12,15H,2-4,7,9-11H2,1H3. The molecular formula is C17H22N8. The molecule has 3 aromatic heterocycles. The highest BCUT2D eigenvalue weighted by Gasteiger charge is 2.31. The maximum Gasteiger partial charge on any atom is 0.177 e. The Kier molecular flexibility index (Phi) is 3.44. The van der Waals surface area contributed by atoms with Crippen molar-refractivity contribution < 1.29 is 0 Å². The predicted octanol–water partition coefficient (Wildman–Crippen LogP) is 0.978. The van der Waals surface area contributed by atoms with Crippen LogP contribution in [-0.2, 0) is 19.5 Å². The lowest BCUT2D eigenvalue weighted by Crippen LogP contribution is -2.58. The highest BCUT2D eigenvalue weighted by Crippen LogP contribution is 2.23. The summed E-state index contributed by atoms with van der Waals surface area (Å²) in [5, 5.41) is 17.2. The molecule has 130 valence electrons. The predicted molar refractivity (Wildman–Crippen MR) is 93.4 cm³/mol. The molecule has 0 radical (unpaired) electrons. The van der Waals surface area contributed by atoms with Gasteiger partial charge < -0.3 is 4.90 Å². The summed E-state index contributed by atoms with van der Waals surface area (Å²) in [7, 11) is 2.19. The molecule has 8 nitrogen and oxygen atoms in total.